The lowest BCUT2D eigenvalue weighted by Gasteiger charge is -2.37. The van der Waals surface area contributed by atoms with Gasteiger partial charge in [-0.3, -0.25) is 9.29 Å². The molecule has 0 N–H and O–H groups in total. The molecule has 0 aromatic rings. The van der Waals surface area contributed by atoms with Crippen molar-refractivity contribution in [3.05, 3.63) is 0 Å². The Morgan fingerprint density at radius 2 is 2.18 bits per heavy atom. The van der Waals surface area contributed by atoms with Crippen molar-refractivity contribution in [3.63, 3.8) is 0 Å². The lowest BCUT2D eigenvalue weighted by molar-refractivity contribution is 0.0861. The first-order chi connectivity index (χ1) is 5.01. The van der Waals surface area contributed by atoms with Gasteiger partial charge in [-0.25, -0.2) is 0 Å². The Kier molecular flexibility index (Phi) is 2.58. The van der Waals surface area contributed by atoms with E-state index in [0.29, 0.717) is 19.0 Å². The maximum atomic E-state index is 13.2. The number of rotatable bonds is 1. The van der Waals surface area contributed by atoms with Crippen LogP contribution in [-0.4, -0.2) is 37.4 Å². The molecule has 0 aromatic heterocycles. The molecule has 0 aliphatic carbocycles. The Labute approximate surface area is 69.4 Å². The van der Waals surface area contributed by atoms with Crippen molar-refractivity contribution in [1.29, 1.82) is 0 Å². The highest BCUT2D eigenvalue weighted by Gasteiger charge is 2.30. The molecule has 0 aromatic carbocycles. The zero-order valence-corrected chi connectivity index (χ0v) is 7.31. The smallest absolute Gasteiger partial charge is 0.123 e. The van der Waals surface area contributed by atoms with Crippen molar-refractivity contribution >= 4 is 7.85 Å². The molecule has 2 radical (unpaired) electrons. The normalized spacial score (nSPS) is 34.5. The minimum atomic E-state index is -1.44. The van der Waals surface area contributed by atoms with Crippen molar-refractivity contribution in [2.45, 2.75) is 38.3 Å². The van der Waals surface area contributed by atoms with Crippen LogP contribution >= 0.6 is 0 Å². The maximum absolute atomic E-state index is 13.2. The highest BCUT2D eigenvalue weighted by Crippen LogP contribution is 2.22. The van der Waals surface area contributed by atoms with E-state index in [2.05, 4.69) is 18.7 Å². The Hall–Kier alpha value is -0.0451. The van der Waals surface area contributed by atoms with Crippen LogP contribution in [-0.2, 0) is 0 Å². The molecule has 1 aliphatic rings. The average Bonchev–Trinajstić information content (AvgIpc) is 1.85. The molecular formula is C8H15BFN. The van der Waals surface area contributed by atoms with Crippen LogP contribution in [0.2, 0.25) is 0 Å². The Bertz CT molecular complexity index is 136. The van der Waals surface area contributed by atoms with Gasteiger partial charge in [-0.2, -0.15) is 0 Å². The second-order valence-corrected chi connectivity index (χ2v) is 3.70. The summed E-state index contributed by atoms with van der Waals surface area (Å²) in [5.41, 5.74) is -1.44. The predicted molar refractivity (Wildman–Crippen MR) is 45.5 cm³/mol. The molecule has 0 bridgehead atoms. The quantitative estimate of drug-likeness (QED) is 0.516. The van der Waals surface area contributed by atoms with E-state index < -0.39 is 5.57 Å². The fourth-order valence-electron chi connectivity index (χ4n) is 1.51. The lowest BCUT2D eigenvalue weighted by Crippen LogP contribution is -2.48. The van der Waals surface area contributed by atoms with E-state index in [4.69, 9.17) is 7.85 Å². The summed E-state index contributed by atoms with van der Waals surface area (Å²) in [4.78, 5) is 2.09. The second-order valence-electron chi connectivity index (χ2n) is 3.70. The molecule has 62 valence electrons. The molecule has 1 saturated heterocycles. The van der Waals surface area contributed by atoms with E-state index in [1.165, 1.54) is 0 Å². The zero-order chi connectivity index (χ0) is 8.48. The molecule has 0 amide bonds. The van der Waals surface area contributed by atoms with Crippen LogP contribution in [0.3, 0.4) is 0 Å². The molecule has 11 heavy (non-hydrogen) atoms. The fourth-order valence-corrected chi connectivity index (χ4v) is 1.51. The number of halogens is 1. The van der Waals surface area contributed by atoms with Crippen LogP contribution in [0.15, 0.2) is 0 Å². The highest BCUT2D eigenvalue weighted by molar-refractivity contribution is 6.14. The van der Waals surface area contributed by atoms with Crippen molar-refractivity contribution in [2.75, 3.05) is 13.1 Å². The van der Waals surface area contributed by atoms with E-state index in [1.54, 1.807) is 0 Å². The first-order valence-electron chi connectivity index (χ1n) is 4.23. The van der Waals surface area contributed by atoms with Crippen LogP contribution in [0.1, 0.15) is 26.7 Å². The third-order valence-electron chi connectivity index (χ3n) is 2.23. The third kappa shape index (κ3) is 2.47. The number of alkyl halides is 1. The minimum Gasteiger partial charge on any atom is -0.299 e. The van der Waals surface area contributed by atoms with Crippen molar-refractivity contribution in [3.8, 4) is 0 Å². The van der Waals surface area contributed by atoms with Gasteiger partial charge in [0.2, 0.25) is 0 Å². The van der Waals surface area contributed by atoms with Gasteiger partial charge in [0.1, 0.15) is 7.85 Å². The molecule has 1 fully saturated rings. The first kappa shape index (κ1) is 9.05. The Morgan fingerprint density at radius 3 is 2.55 bits per heavy atom. The van der Waals surface area contributed by atoms with Gasteiger partial charge in [0.25, 0.3) is 0 Å². The van der Waals surface area contributed by atoms with Gasteiger partial charge < -0.3 is 0 Å². The molecule has 1 atom stereocenters. The second kappa shape index (κ2) is 3.14. The molecule has 1 unspecified atom stereocenters. The predicted octanol–water partition coefficient (Wildman–Crippen LogP) is 1.32. The van der Waals surface area contributed by atoms with Crippen LogP contribution in [0, 0.1) is 0 Å². The van der Waals surface area contributed by atoms with Crippen LogP contribution in [0.4, 0.5) is 4.39 Å². The van der Waals surface area contributed by atoms with E-state index in [1.807, 2.05) is 0 Å². The van der Waals surface area contributed by atoms with Crippen LogP contribution < -0.4 is 0 Å². The van der Waals surface area contributed by atoms with Crippen LogP contribution in [0.25, 0.3) is 0 Å². The summed E-state index contributed by atoms with van der Waals surface area (Å²) in [6, 6.07) is 0.411. The summed E-state index contributed by atoms with van der Waals surface area (Å²) in [7, 11) is 5.40. The number of hydrogen-bond donors (Lipinski definition) is 0. The molecule has 1 heterocycles. The summed E-state index contributed by atoms with van der Waals surface area (Å²) in [5.74, 6) is 0. The Morgan fingerprint density at radius 1 is 1.55 bits per heavy atom. The SMILES string of the molecule is [B]C1(F)CCCN(C(C)C)C1. The van der Waals surface area contributed by atoms with Crippen molar-refractivity contribution in [2.24, 2.45) is 0 Å². The monoisotopic (exact) mass is 155 g/mol. The fraction of sp³-hybridized carbons (Fsp3) is 1.00. The van der Waals surface area contributed by atoms with Crippen molar-refractivity contribution in [1.82, 2.24) is 4.90 Å². The highest BCUT2D eigenvalue weighted by atomic mass is 19.1. The summed E-state index contributed by atoms with van der Waals surface area (Å²) in [6.07, 6.45) is 1.39. The number of likely N-dealkylation sites (tertiary alicyclic amines) is 1. The number of piperidine rings is 1. The molecule has 1 nitrogen and oxygen atoms in total. The van der Waals surface area contributed by atoms with Gasteiger partial charge in [-0.15, -0.1) is 0 Å². The molecular weight excluding hydrogens is 140 g/mol. The summed E-state index contributed by atoms with van der Waals surface area (Å²) in [6.45, 7) is 5.52. The van der Waals surface area contributed by atoms with E-state index in [9.17, 15) is 4.39 Å². The van der Waals surface area contributed by atoms with E-state index >= 15 is 0 Å². The van der Waals surface area contributed by atoms with E-state index in [0.717, 1.165) is 13.0 Å². The molecule has 0 spiro atoms. The minimum absolute atomic E-state index is 0.394. The van der Waals surface area contributed by atoms with Gasteiger partial charge >= 0.3 is 0 Å². The van der Waals surface area contributed by atoms with Gasteiger partial charge in [0.05, 0.1) is 5.57 Å². The van der Waals surface area contributed by atoms with E-state index in [-0.39, 0.29) is 0 Å². The molecule has 0 saturated carbocycles. The Balaban J connectivity index is 2.46. The first-order valence-corrected chi connectivity index (χ1v) is 4.23. The lowest BCUT2D eigenvalue weighted by atomic mass is 9.77. The molecule has 1 rings (SSSR count). The summed E-state index contributed by atoms with van der Waals surface area (Å²) >= 11 is 0. The van der Waals surface area contributed by atoms with Gasteiger partial charge in [-0.1, -0.05) is 0 Å². The summed E-state index contributed by atoms with van der Waals surface area (Å²) in [5, 5.41) is 0. The number of nitrogens with zero attached hydrogens (tertiary/aromatic N) is 1. The largest absolute Gasteiger partial charge is 0.299 e. The van der Waals surface area contributed by atoms with Gasteiger partial charge in [0.15, 0.2) is 0 Å². The molecule has 1 aliphatic heterocycles. The molecule has 3 heteroatoms. The number of hydrogen-bond acceptors (Lipinski definition) is 1. The third-order valence-corrected chi connectivity index (χ3v) is 2.23. The maximum Gasteiger partial charge on any atom is 0.123 e. The topological polar surface area (TPSA) is 3.24 Å². The van der Waals surface area contributed by atoms with Gasteiger partial charge in [-0.05, 0) is 33.2 Å². The summed E-state index contributed by atoms with van der Waals surface area (Å²) < 4.78 is 13.2. The van der Waals surface area contributed by atoms with Crippen LogP contribution in [0.5, 0.6) is 0 Å². The standard InChI is InChI=1S/C8H15BFN/c1-7(2)11-5-3-4-8(9,10)6-11/h7H,3-6H2,1-2H3. The zero-order valence-electron chi connectivity index (χ0n) is 7.31. The van der Waals surface area contributed by atoms with Gasteiger partial charge in [0, 0.05) is 12.6 Å². The average molecular weight is 155 g/mol. The van der Waals surface area contributed by atoms with Crippen molar-refractivity contribution < 1.29 is 4.39 Å².